The lowest BCUT2D eigenvalue weighted by atomic mass is 10.1. The second-order valence-corrected chi connectivity index (χ2v) is 19.8. The Hall–Kier alpha value is -4.97. The standard InChI is InChI=1S/C71H112O6/c1-4-7-10-13-16-19-22-25-28-30-31-32-33-34-35-36-37-38-39-41-43-46-49-52-55-58-61-64-70(73)76-67-68(66-75-69(72)63-60-57-54-51-48-45-42-27-24-21-18-15-12-9-6-3)77-71(74)65-62-59-56-53-50-47-44-40-29-26-23-20-17-14-11-8-5-2/h7-8,10-11,16-21,25-29,31-32,34-35,37-38,41-43,49,52,68H,4-6,9,12-15,22-24,30,33,36,39-40,44-48,50-51,53-67H2,1-3H3/b10-7-,11-8-,19-16-,20-17-,21-18-,28-25-,29-26-,32-31-,35-34-,38-37-,42-27-,43-41-,52-49-. The molecule has 0 saturated carbocycles. The smallest absolute Gasteiger partial charge is 0.306 e. The Morgan fingerprint density at radius 2 is 0.506 bits per heavy atom. The van der Waals surface area contributed by atoms with Crippen LogP contribution < -0.4 is 0 Å². The molecule has 0 bridgehead atoms. The first-order chi connectivity index (χ1) is 38.0. The van der Waals surface area contributed by atoms with E-state index in [0.717, 1.165) is 161 Å². The third-order valence-corrected chi connectivity index (χ3v) is 12.5. The molecule has 0 radical (unpaired) electrons. The van der Waals surface area contributed by atoms with Crippen molar-refractivity contribution in [3.05, 3.63) is 158 Å². The van der Waals surface area contributed by atoms with Crippen LogP contribution in [-0.2, 0) is 28.6 Å². The van der Waals surface area contributed by atoms with E-state index in [0.29, 0.717) is 25.7 Å². The molecule has 0 saturated heterocycles. The molecule has 0 aliphatic carbocycles. The molecule has 0 heterocycles. The van der Waals surface area contributed by atoms with Gasteiger partial charge in [0.05, 0.1) is 0 Å². The second-order valence-electron chi connectivity index (χ2n) is 19.8. The van der Waals surface area contributed by atoms with Gasteiger partial charge in [-0.3, -0.25) is 14.4 Å². The Morgan fingerprint density at radius 3 is 0.818 bits per heavy atom. The molecule has 1 atom stereocenters. The van der Waals surface area contributed by atoms with Gasteiger partial charge >= 0.3 is 17.9 Å². The third kappa shape index (κ3) is 61.8. The van der Waals surface area contributed by atoms with Gasteiger partial charge in [0.25, 0.3) is 0 Å². The summed E-state index contributed by atoms with van der Waals surface area (Å²) in [5.41, 5.74) is 0. The number of carbonyl (C=O) groups excluding carboxylic acids is 3. The molecule has 77 heavy (non-hydrogen) atoms. The van der Waals surface area contributed by atoms with Gasteiger partial charge < -0.3 is 14.2 Å². The fraction of sp³-hybridized carbons (Fsp3) is 0.592. The zero-order chi connectivity index (χ0) is 55.7. The molecule has 0 N–H and O–H groups in total. The first-order valence-corrected chi connectivity index (χ1v) is 31.0. The molecule has 0 aromatic rings. The average molecular weight is 1060 g/mol. The van der Waals surface area contributed by atoms with Crippen molar-refractivity contribution in [3.8, 4) is 0 Å². The van der Waals surface area contributed by atoms with E-state index in [1.807, 2.05) is 0 Å². The van der Waals surface area contributed by atoms with Crippen LogP contribution in [0.1, 0.15) is 252 Å². The van der Waals surface area contributed by atoms with Gasteiger partial charge in [-0.2, -0.15) is 0 Å². The normalized spacial score (nSPS) is 13.2. The zero-order valence-corrected chi connectivity index (χ0v) is 49.4. The fourth-order valence-electron chi connectivity index (χ4n) is 7.91. The lowest BCUT2D eigenvalue weighted by Crippen LogP contribution is -2.30. The first kappa shape index (κ1) is 72.0. The average Bonchev–Trinajstić information content (AvgIpc) is 3.43. The van der Waals surface area contributed by atoms with Gasteiger partial charge in [-0.25, -0.2) is 0 Å². The summed E-state index contributed by atoms with van der Waals surface area (Å²) in [5.74, 6) is -0.982. The first-order valence-electron chi connectivity index (χ1n) is 31.0. The number of allylic oxidation sites excluding steroid dienone is 26. The Morgan fingerprint density at radius 1 is 0.273 bits per heavy atom. The van der Waals surface area contributed by atoms with Gasteiger partial charge in [0.15, 0.2) is 6.10 Å². The Bertz CT molecular complexity index is 1740. The summed E-state index contributed by atoms with van der Waals surface area (Å²) >= 11 is 0. The summed E-state index contributed by atoms with van der Waals surface area (Å²) in [7, 11) is 0. The quantitative estimate of drug-likeness (QED) is 0.0261. The summed E-state index contributed by atoms with van der Waals surface area (Å²) in [6.07, 6.45) is 92.4. The molecule has 6 nitrogen and oxygen atoms in total. The summed E-state index contributed by atoms with van der Waals surface area (Å²) < 4.78 is 16.8. The predicted octanol–water partition coefficient (Wildman–Crippen LogP) is 21.3. The van der Waals surface area contributed by atoms with Gasteiger partial charge in [-0.15, -0.1) is 0 Å². The van der Waals surface area contributed by atoms with Crippen molar-refractivity contribution in [1.82, 2.24) is 0 Å². The van der Waals surface area contributed by atoms with Crippen LogP contribution in [0, 0.1) is 0 Å². The van der Waals surface area contributed by atoms with E-state index in [4.69, 9.17) is 14.2 Å². The SMILES string of the molecule is CC/C=C\C/C=C\C/C=C\C/C=C\C/C=C\C/C=C\C/C=C\C/C=C\CCCCC(=O)OCC(COC(=O)CCCCCCC/C=C\C/C=C\CCCCC)OC(=O)CCCCCCCCC/C=C\C/C=C\C/C=C\CC. The minimum atomic E-state index is -0.816. The molecule has 0 aliphatic rings. The molecule has 0 aliphatic heterocycles. The molecule has 0 rings (SSSR count). The van der Waals surface area contributed by atoms with E-state index in [1.165, 1.54) is 44.9 Å². The van der Waals surface area contributed by atoms with E-state index in [1.54, 1.807) is 0 Å². The van der Waals surface area contributed by atoms with E-state index in [2.05, 4.69) is 179 Å². The topological polar surface area (TPSA) is 78.9 Å². The largest absolute Gasteiger partial charge is 0.462 e. The van der Waals surface area contributed by atoms with Crippen LogP contribution in [0.4, 0.5) is 0 Å². The van der Waals surface area contributed by atoms with Crippen LogP contribution in [0.2, 0.25) is 0 Å². The minimum Gasteiger partial charge on any atom is -0.462 e. The molecule has 0 aromatic carbocycles. The molecular formula is C71H112O6. The van der Waals surface area contributed by atoms with Crippen LogP contribution in [0.15, 0.2) is 158 Å². The monoisotopic (exact) mass is 1060 g/mol. The maximum Gasteiger partial charge on any atom is 0.306 e. The minimum absolute atomic E-state index is 0.110. The Balaban J connectivity index is 4.50. The number of esters is 3. The molecule has 1 unspecified atom stereocenters. The molecule has 0 spiro atoms. The van der Waals surface area contributed by atoms with Crippen molar-refractivity contribution in [2.75, 3.05) is 13.2 Å². The van der Waals surface area contributed by atoms with Crippen LogP contribution in [0.25, 0.3) is 0 Å². The maximum absolute atomic E-state index is 12.9. The second kappa shape index (κ2) is 63.6. The Kier molecular flexibility index (Phi) is 59.5. The van der Waals surface area contributed by atoms with Crippen LogP contribution in [-0.4, -0.2) is 37.2 Å². The highest BCUT2D eigenvalue weighted by molar-refractivity contribution is 5.71. The fourth-order valence-corrected chi connectivity index (χ4v) is 7.91. The number of unbranched alkanes of at least 4 members (excludes halogenated alkanes) is 17. The highest BCUT2D eigenvalue weighted by atomic mass is 16.6. The van der Waals surface area contributed by atoms with Crippen LogP contribution in [0.3, 0.4) is 0 Å². The molecule has 0 fully saturated rings. The number of carbonyl (C=O) groups is 3. The zero-order valence-electron chi connectivity index (χ0n) is 49.4. The van der Waals surface area contributed by atoms with Gasteiger partial charge in [-0.05, 0) is 148 Å². The van der Waals surface area contributed by atoms with E-state index < -0.39 is 6.10 Å². The van der Waals surface area contributed by atoms with Crippen molar-refractivity contribution < 1.29 is 28.6 Å². The van der Waals surface area contributed by atoms with Crippen molar-refractivity contribution in [1.29, 1.82) is 0 Å². The van der Waals surface area contributed by atoms with Crippen molar-refractivity contribution in [3.63, 3.8) is 0 Å². The lowest BCUT2D eigenvalue weighted by molar-refractivity contribution is -0.167. The summed E-state index contributed by atoms with van der Waals surface area (Å²) in [4.78, 5) is 38.3. The highest BCUT2D eigenvalue weighted by Crippen LogP contribution is 2.14. The van der Waals surface area contributed by atoms with E-state index in [9.17, 15) is 14.4 Å². The molecular weight excluding hydrogens is 949 g/mol. The summed E-state index contributed by atoms with van der Waals surface area (Å²) in [6.45, 7) is 6.32. The van der Waals surface area contributed by atoms with Crippen LogP contribution >= 0.6 is 0 Å². The van der Waals surface area contributed by atoms with Gasteiger partial charge in [0.1, 0.15) is 13.2 Å². The van der Waals surface area contributed by atoms with Gasteiger partial charge in [0.2, 0.25) is 0 Å². The molecule has 6 heteroatoms. The summed E-state index contributed by atoms with van der Waals surface area (Å²) in [6, 6.07) is 0. The Labute approximate surface area is 473 Å². The maximum atomic E-state index is 12.9. The van der Waals surface area contributed by atoms with Gasteiger partial charge in [-0.1, -0.05) is 243 Å². The lowest BCUT2D eigenvalue weighted by Gasteiger charge is -2.18. The summed E-state index contributed by atoms with van der Waals surface area (Å²) in [5, 5.41) is 0. The highest BCUT2D eigenvalue weighted by Gasteiger charge is 2.19. The van der Waals surface area contributed by atoms with Crippen molar-refractivity contribution >= 4 is 17.9 Å². The number of hydrogen-bond acceptors (Lipinski definition) is 6. The van der Waals surface area contributed by atoms with E-state index >= 15 is 0 Å². The van der Waals surface area contributed by atoms with Crippen LogP contribution in [0.5, 0.6) is 0 Å². The number of ether oxygens (including phenoxy) is 3. The van der Waals surface area contributed by atoms with Crippen molar-refractivity contribution in [2.45, 2.75) is 258 Å². The molecule has 0 aromatic heterocycles. The third-order valence-electron chi connectivity index (χ3n) is 12.5. The number of rotatable bonds is 54. The van der Waals surface area contributed by atoms with Gasteiger partial charge in [0, 0.05) is 19.3 Å². The van der Waals surface area contributed by atoms with E-state index in [-0.39, 0.29) is 31.1 Å². The van der Waals surface area contributed by atoms with Crippen molar-refractivity contribution in [2.24, 2.45) is 0 Å². The predicted molar refractivity (Wildman–Crippen MR) is 334 cm³/mol. The number of hydrogen-bond donors (Lipinski definition) is 0. The molecule has 432 valence electrons. The molecule has 0 amide bonds.